The van der Waals surface area contributed by atoms with E-state index in [2.05, 4.69) is 31.2 Å². The number of rotatable bonds is 6. The number of hydrogen-bond acceptors (Lipinski definition) is 5. The van der Waals surface area contributed by atoms with Crippen LogP contribution < -0.4 is 10.1 Å². The fourth-order valence-corrected chi connectivity index (χ4v) is 2.27. The summed E-state index contributed by atoms with van der Waals surface area (Å²) in [5.74, 6) is 1.58. The Morgan fingerprint density at radius 3 is 2.84 bits per heavy atom. The van der Waals surface area contributed by atoms with Crippen LogP contribution in [0.3, 0.4) is 0 Å². The van der Waals surface area contributed by atoms with E-state index in [1.807, 2.05) is 12.1 Å². The van der Waals surface area contributed by atoms with Crippen LogP contribution in [0.4, 0.5) is 5.82 Å². The molecule has 1 N–H and O–H groups in total. The Kier molecular flexibility index (Phi) is 4.93. The summed E-state index contributed by atoms with van der Waals surface area (Å²) in [5, 5.41) is 4.24. The highest BCUT2D eigenvalue weighted by Crippen LogP contribution is 2.31. The van der Waals surface area contributed by atoms with Crippen LogP contribution in [0, 0.1) is 0 Å². The van der Waals surface area contributed by atoms with E-state index in [-0.39, 0.29) is 0 Å². The predicted octanol–water partition coefficient (Wildman–Crippen LogP) is 2.85. The van der Waals surface area contributed by atoms with Gasteiger partial charge in [-0.05, 0) is 34.5 Å². The van der Waals surface area contributed by atoms with Crippen molar-refractivity contribution in [2.24, 2.45) is 0 Å². The first-order chi connectivity index (χ1) is 9.26. The molecule has 2 rings (SSSR count). The number of nitrogens with zero attached hydrogens (tertiary/aromatic N) is 2. The molecule has 1 aromatic heterocycles. The van der Waals surface area contributed by atoms with Gasteiger partial charge in [0.05, 0.1) is 17.1 Å². The van der Waals surface area contributed by atoms with Gasteiger partial charge < -0.3 is 14.8 Å². The lowest BCUT2D eigenvalue weighted by molar-refractivity contribution is 0.198. The van der Waals surface area contributed by atoms with Crippen molar-refractivity contribution in [1.29, 1.82) is 0 Å². The molecular formula is C13H16BrN3O2. The number of methoxy groups -OCH3 is 2. The molecule has 2 aromatic rings. The van der Waals surface area contributed by atoms with Gasteiger partial charge in [0, 0.05) is 25.6 Å². The zero-order valence-corrected chi connectivity index (χ0v) is 12.5. The fourth-order valence-electron chi connectivity index (χ4n) is 1.78. The van der Waals surface area contributed by atoms with E-state index in [1.165, 1.54) is 0 Å². The minimum absolute atomic E-state index is 0.727. The molecule has 6 heteroatoms. The maximum Gasteiger partial charge on any atom is 0.137 e. The summed E-state index contributed by atoms with van der Waals surface area (Å²) in [6, 6.07) is 3.86. The molecule has 0 spiro atoms. The SMILES string of the molecule is COCCCNc1ncnc2cc(Br)c(OC)cc12. The molecule has 0 saturated carbocycles. The zero-order valence-electron chi connectivity index (χ0n) is 10.9. The lowest BCUT2D eigenvalue weighted by atomic mass is 10.2. The normalized spacial score (nSPS) is 10.7. The van der Waals surface area contributed by atoms with E-state index >= 15 is 0 Å². The van der Waals surface area contributed by atoms with E-state index in [0.717, 1.165) is 46.5 Å². The Bertz CT molecular complexity index is 563. The first-order valence-corrected chi connectivity index (χ1v) is 6.76. The molecule has 0 bridgehead atoms. The number of ether oxygens (including phenoxy) is 2. The number of nitrogens with one attached hydrogen (secondary N) is 1. The minimum Gasteiger partial charge on any atom is -0.496 e. The van der Waals surface area contributed by atoms with E-state index in [1.54, 1.807) is 20.5 Å². The average molecular weight is 326 g/mol. The van der Waals surface area contributed by atoms with Crippen LogP contribution in [-0.4, -0.2) is 37.3 Å². The second kappa shape index (κ2) is 6.68. The topological polar surface area (TPSA) is 56.3 Å². The largest absolute Gasteiger partial charge is 0.496 e. The van der Waals surface area contributed by atoms with Gasteiger partial charge in [0.2, 0.25) is 0 Å². The van der Waals surface area contributed by atoms with Crippen LogP contribution in [0.25, 0.3) is 10.9 Å². The van der Waals surface area contributed by atoms with Crippen molar-refractivity contribution in [2.45, 2.75) is 6.42 Å². The molecule has 0 amide bonds. The van der Waals surface area contributed by atoms with E-state index in [4.69, 9.17) is 9.47 Å². The average Bonchev–Trinajstić information content (AvgIpc) is 2.43. The van der Waals surface area contributed by atoms with Crippen molar-refractivity contribution in [3.8, 4) is 5.75 Å². The third-order valence-electron chi connectivity index (χ3n) is 2.73. The van der Waals surface area contributed by atoms with Crippen LogP contribution in [0.5, 0.6) is 5.75 Å². The highest BCUT2D eigenvalue weighted by Gasteiger charge is 2.08. The molecule has 0 radical (unpaired) electrons. The Morgan fingerprint density at radius 1 is 1.26 bits per heavy atom. The van der Waals surface area contributed by atoms with Crippen molar-refractivity contribution >= 4 is 32.7 Å². The molecule has 0 fully saturated rings. The lowest BCUT2D eigenvalue weighted by Gasteiger charge is -2.10. The van der Waals surface area contributed by atoms with Gasteiger partial charge in [0.1, 0.15) is 17.9 Å². The summed E-state index contributed by atoms with van der Waals surface area (Å²) in [5.41, 5.74) is 0.872. The molecule has 0 aliphatic rings. The molecule has 0 saturated heterocycles. The van der Waals surface area contributed by atoms with Crippen molar-refractivity contribution in [3.05, 3.63) is 22.9 Å². The lowest BCUT2D eigenvalue weighted by Crippen LogP contribution is -2.06. The summed E-state index contributed by atoms with van der Waals surface area (Å²) >= 11 is 3.45. The molecule has 5 nitrogen and oxygen atoms in total. The molecule has 0 atom stereocenters. The zero-order chi connectivity index (χ0) is 13.7. The maximum absolute atomic E-state index is 5.30. The molecule has 1 heterocycles. The monoisotopic (exact) mass is 325 g/mol. The van der Waals surface area contributed by atoms with Gasteiger partial charge in [-0.25, -0.2) is 9.97 Å². The fraction of sp³-hybridized carbons (Fsp3) is 0.385. The number of aromatic nitrogens is 2. The molecule has 1 aromatic carbocycles. The van der Waals surface area contributed by atoms with E-state index < -0.39 is 0 Å². The molecule has 19 heavy (non-hydrogen) atoms. The van der Waals surface area contributed by atoms with E-state index in [9.17, 15) is 0 Å². The summed E-state index contributed by atoms with van der Waals surface area (Å²) in [6.07, 6.45) is 2.48. The van der Waals surface area contributed by atoms with Gasteiger partial charge in [0.15, 0.2) is 0 Å². The van der Waals surface area contributed by atoms with Crippen LogP contribution in [0.2, 0.25) is 0 Å². The Labute approximate surface area is 120 Å². The highest BCUT2D eigenvalue weighted by atomic mass is 79.9. The summed E-state index contributed by atoms with van der Waals surface area (Å²) in [4.78, 5) is 8.54. The number of anilines is 1. The molecule has 0 aliphatic carbocycles. The maximum atomic E-state index is 5.30. The third kappa shape index (κ3) is 3.33. The Morgan fingerprint density at radius 2 is 2.11 bits per heavy atom. The van der Waals surface area contributed by atoms with Crippen molar-refractivity contribution < 1.29 is 9.47 Å². The quantitative estimate of drug-likeness (QED) is 0.827. The number of halogens is 1. The van der Waals surface area contributed by atoms with Crippen LogP contribution >= 0.6 is 15.9 Å². The highest BCUT2D eigenvalue weighted by molar-refractivity contribution is 9.10. The summed E-state index contributed by atoms with van der Waals surface area (Å²) in [6.45, 7) is 1.53. The number of hydrogen-bond donors (Lipinski definition) is 1. The predicted molar refractivity (Wildman–Crippen MR) is 78.8 cm³/mol. The first-order valence-electron chi connectivity index (χ1n) is 5.97. The van der Waals surface area contributed by atoms with Gasteiger partial charge >= 0.3 is 0 Å². The summed E-state index contributed by atoms with van der Waals surface area (Å²) in [7, 11) is 3.34. The number of fused-ring (bicyclic) bond motifs is 1. The van der Waals surface area contributed by atoms with Gasteiger partial charge in [-0.1, -0.05) is 0 Å². The van der Waals surface area contributed by atoms with Crippen molar-refractivity contribution in [2.75, 3.05) is 32.7 Å². The second-order valence-corrected chi connectivity index (χ2v) is 4.85. The van der Waals surface area contributed by atoms with Crippen molar-refractivity contribution in [3.63, 3.8) is 0 Å². The van der Waals surface area contributed by atoms with Gasteiger partial charge in [-0.3, -0.25) is 0 Å². The molecule has 0 aliphatic heterocycles. The molecule has 0 unspecified atom stereocenters. The number of benzene rings is 1. The first kappa shape index (κ1) is 14.0. The third-order valence-corrected chi connectivity index (χ3v) is 3.35. The van der Waals surface area contributed by atoms with Crippen LogP contribution in [-0.2, 0) is 4.74 Å². The summed E-state index contributed by atoms with van der Waals surface area (Å²) < 4.78 is 11.2. The van der Waals surface area contributed by atoms with E-state index in [0.29, 0.717) is 0 Å². The Balaban J connectivity index is 2.27. The van der Waals surface area contributed by atoms with Crippen LogP contribution in [0.1, 0.15) is 6.42 Å². The second-order valence-electron chi connectivity index (χ2n) is 4.00. The smallest absolute Gasteiger partial charge is 0.137 e. The standard InChI is InChI=1S/C13H16BrN3O2/c1-18-5-3-4-15-13-9-6-12(19-2)10(14)7-11(9)16-8-17-13/h6-8H,3-5H2,1-2H3,(H,15,16,17). The van der Waals surface area contributed by atoms with Gasteiger partial charge in [0.25, 0.3) is 0 Å². The van der Waals surface area contributed by atoms with Gasteiger partial charge in [-0.2, -0.15) is 0 Å². The van der Waals surface area contributed by atoms with Crippen molar-refractivity contribution in [1.82, 2.24) is 9.97 Å². The Hall–Kier alpha value is -1.40. The van der Waals surface area contributed by atoms with Crippen LogP contribution in [0.15, 0.2) is 22.9 Å². The molecule has 102 valence electrons. The molecular weight excluding hydrogens is 310 g/mol. The van der Waals surface area contributed by atoms with Gasteiger partial charge in [-0.15, -0.1) is 0 Å². The minimum atomic E-state index is 0.727.